The molecule has 1 aromatic rings. The Morgan fingerprint density at radius 2 is 2.00 bits per heavy atom. The van der Waals surface area contributed by atoms with Crippen LogP contribution in [-0.4, -0.2) is 31.1 Å². The molecule has 0 bridgehead atoms. The number of benzene rings is 1. The van der Waals surface area contributed by atoms with E-state index >= 15 is 0 Å². The van der Waals surface area contributed by atoms with Gasteiger partial charge in [0, 0.05) is 17.9 Å². The van der Waals surface area contributed by atoms with Crippen LogP contribution in [-0.2, 0) is 4.79 Å². The highest BCUT2D eigenvalue weighted by Crippen LogP contribution is 2.16. The van der Waals surface area contributed by atoms with Crippen LogP contribution >= 0.6 is 12.4 Å². The van der Waals surface area contributed by atoms with Crippen LogP contribution in [0.5, 0.6) is 0 Å². The molecule has 7 heteroatoms. The SMILES string of the molecule is CCNC(=O)Nc1cccc(NC(=O)C2CCCN2)c1.Cl. The topological polar surface area (TPSA) is 82.3 Å². The quantitative estimate of drug-likeness (QED) is 0.686. The first-order chi connectivity index (χ1) is 9.69. The zero-order chi connectivity index (χ0) is 14.4. The van der Waals surface area contributed by atoms with Crippen molar-refractivity contribution in [3.63, 3.8) is 0 Å². The molecule has 0 aliphatic carbocycles. The number of carbonyl (C=O) groups excluding carboxylic acids is 2. The summed E-state index contributed by atoms with van der Waals surface area (Å²) in [5.74, 6) is -0.0299. The summed E-state index contributed by atoms with van der Waals surface area (Å²) in [6.45, 7) is 3.30. The van der Waals surface area contributed by atoms with E-state index in [1.165, 1.54) is 0 Å². The van der Waals surface area contributed by atoms with Gasteiger partial charge in [-0.2, -0.15) is 0 Å². The fourth-order valence-electron chi connectivity index (χ4n) is 2.15. The predicted molar refractivity (Wildman–Crippen MR) is 86.0 cm³/mol. The van der Waals surface area contributed by atoms with Crippen LogP contribution in [0.3, 0.4) is 0 Å². The van der Waals surface area contributed by atoms with Gasteiger partial charge in [-0.15, -0.1) is 12.4 Å². The Bertz CT molecular complexity index is 490. The third kappa shape index (κ3) is 5.24. The zero-order valence-corrected chi connectivity index (χ0v) is 12.8. The lowest BCUT2D eigenvalue weighted by Crippen LogP contribution is -2.35. The summed E-state index contributed by atoms with van der Waals surface area (Å²) in [6, 6.07) is 6.74. The Hall–Kier alpha value is -1.79. The van der Waals surface area contributed by atoms with Gasteiger partial charge >= 0.3 is 6.03 Å². The Balaban J connectivity index is 0.00000220. The molecule has 1 aliphatic heterocycles. The van der Waals surface area contributed by atoms with Gasteiger partial charge in [0.2, 0.25) is 5.91 Å². The van der Waals surface area contributed by atoms with Gasteiger partial charge in [-0.25, -0.2) is 4.79 Å². The van der Waals surface area contributed by atoms with Crippen LogP contribution < -0.4 is 21.3 Å². The van der Waals surface area contributed by atoms with Crippen molar-refractivity contribution in [2.45, 2.75) is 25.8 Å². The summed E-state index contributed by atoms with van der Waals surface area (Å²) in [4.78, 5) is 23.4. The number of nitrogens with one attached hydrogen (secondary N) is 4. The fourth-order valence-corrected chi connectivity index (χ4v) is 2.15. The smallest absolute Gasteiger partial charge is 0.319 e. The lowest BCUT2D eigenvalue weighted by Gasteiger charge is -2.12. The van der Waals surface area contributed by atoms with Gasteiger partial charge in [0.1, 0.15) is 0 Å². The van der Waals surface area contributed by atoms with E-state index in [4.69, 9.17) is 0 Å². The Morgan fingerprint density at radius 1 is 1.29 bits per heavy atom. The lowest BCUT2D eigenvalue weighted by atomic mass is 10.2. The van der Waals surface area contributed by atoms with E-state index in [0.29, 0.717) is 17.9 Å². The molecule has 116 valence electrons. The van der Waals surface area contributed by atoms with Crippen molar-refractivity contribution in [1.82, 2.24) is 10.6 Å². The lowest BCUT2D eigenvalue weighted by molar-refractivity contribution is -0.117. The highest BCUT2D eigenvalue weighted by molar-refractivity contribution is 5.96. The third-order valence-corrected chi connectivity index (χ3v) is 3.10. The first kappa shape index (κ1) is 17.3. The predicted octanol–water partition coefficient (Wildman–Crippen LogP) is 1.94. The number of amides is 3. The average molecular weight is 313 g/mol. The first-order valence-corrected chi connectivity index (χ1v) is 6.88. The van der Waals surface area contributed by atoms with Gasteiger partial charge in [-0.3, -0.25) is 4.79 Å². The molecule has 0 spiro atoms. The molecular weight excluding hydrogens is 292 g/mol. The van der Waals surface area contributed by atoms with E-state index in [-0.39, 0.29) is 30.4 Å². The van der Waals surface area contributed by atoms with Crippen LogP contribution in [0.1, 0.15) is 19.8 Å². The fraction of sp³-hybridized carbons (Fsp3) is 0.429. The molecule has 1 heterocycles. The maximum Gasteiger partial charge on any atom is 0.319 e. The summed E-state index contributed by atoms with van der Waals surface area (Å²) in [5.41, 5.74) is 1.33. The molecule has 0 saturated carbocycles. The van der Waals surface area contributed by atoms with Gasteiger partial charge in [-0.05, 0) is 44.5 Å². The van der Waals surface area contributed by atoms with Crippen LogP contribution in [0, 0.1) is 0 Å². The minimum absolute atomic E-state index is 0. The minimum Gasteiger partial charge on any atom is -0.338 e. The van der Waals surface area contributed by atoms with Gasteiger partial charge < -0.3 is 21.3 Å². The van der Waals surface area contributed by atoms with E-state index in [9.17, 15) is 9.59 Å². The number of anilines is 2. The summed E-state index contributed by atoms with van der Waals surface area (Å²) in [7, 11) is 0. The second-order valence-corrected chi connectivity index (χ2v) is 4.70. The van der Waals surface area contributed by atoms with Gasteiger partial charge in [0.05, 0.1) is 6.04 Å². The molecule has 1 unspecified atom stereocenters. The second kappa shape index (κ2) is 8.49. The van der Waals surface area contributed by atoms with Crippen molar-refractivity contribution >= 4 is 35.7 Å². The van der Waals surface area contributed by atoms with E-state index in [1.54, 1.807) is 24.3 Å². The normalized spacial score (nSPS) is 16.7. The Morgan fingerprint density at radius 3 is 2.62 bits per heavy atom. The molecule has 1 saturated heterocycles. The van der Waals surface area contributed by atoms with Crippen molar-refractivity contribution in [2.24, 2.45) is 0 Å². The van der Waals surface area contributed by atoms with Crippen molar-refractivity contribution in [3.05, 3.63) is 24.3 Å². The van der Waals surface area contributed by atoms with Gasteiger partial charge in [0.25, 0.3) is 0 Å². The molecule has 4 N–H and O–H groups in total. The third-order valence-electron chi connectivity index (χ3n) is 3.10. The summed E-state index contributed by atoms with van der Waals surface area (Å²) >= 11 is 0. The number of rotatable bonds is 4. The molecule has 1 aromatic carbocycles. The number of hydrogen-bond donors (Lipinski definition) is 4. The van der Waals surface area contributed by atoms with E-state index in [2.05, 4.69) is 21.3 Å². The van der Waals surface area contributed by atoms with Crippen molar-refractivity contribution in [1.29, 1.82) is 0 Å². The molecule has 6 nitrogen and oxygen atoms in total. The maximum absolute atomic E-state index is 12.0. The van der Waals surface area contributed by atoms with E-state index < -0.39 is 0 Å². The average Bonchev–Trinajstić information content (AvgIpc) is 2.93. The maximum atomic E-state index is 12.0. The highest BCUT2D eigenvalue weighted by Gasteiger charge is 2.21. The minimum atomic E-state index is -0.256. The molecule has 1 fully saturated rings. The molecule has 0 aromatic heterocycles. The number of urea groups is 1. The first-order valence-electron chi connectivity index (χ1n) is 6.88. The highest BCUT2D eigenvalue weighted by atomic mass is 35.5. The largest absolute Gasteiger partial charge is 0.338 e. The number of hydrogen-bond acceptors (Lipinski definition) is 3. The van der Waals surface area contributed by atoms with Gasteiger partial charge in [0.15, 0.2) is 0 Å². The molecule has 0 radical (unpaired) electrons. The summed E-state index contributed by atoms with van der Waals surface area (Å²) < 4.78 is 0. The standard InChI is InChI=1S/C14H20N4O2.ClH/c1-2-15-14(20)18-11-6-3-5-10(9-11)17-13(19)12-7-4-8-16-12;/h3,5-6,9,12,16H,2,4,7-8H2,1H3,(H,17,19)(H2,15,18,20);1H. The molecule has 21 heavy (non-hydrogen) atoms. The molecule has 1 atom stereocenters. The molecule has 1 aliphatic rings. The van der Waals surface area contributed by atoms with Gasteiger partial charge in [-0.1, -0.05) is 6.07 Å². The Kier molecular flexibility index (Phi) is 6.98. The number of halogens is 1. The van der Waals surface area contributed by atoms with Crippen molar-refractivity contribution in [3.8, 4) is 0 Å². The molecule has 2 rings (SSSR count). The molecular formula is C14H21ClN4O2. The van der Waals surface area contributed by atoms with E-state index in [1.807, 2.05) is 6.92 Å². The second-order valence-electron chi connectivity index (χ2n) is 4.70. The summed E-state index contributed by atoms with van der Waals surface area (Å²) in [5, 5.41) is 11.4. The van der Waals surface area contributed by atoms with Crippen LogP contribution in [0.25, 0.3) is 0 Å². The van der Waals surface area contributed by atoms with Crippen LogP contribution in [0.4, 0.5) is 16.2 Å². The van der Waals surface area contributed by atoms with Crippen molar-refractivity contribution in [2.75, 3.05) is 23.7 Å². The molecule has 3 amide bonds. The summed E-state index contributed by atoms with van der Waals surface area (Å²) in [6.07, 6.45) is 1.89. The Labute approximate surface area is 130 Å². The van der Waals surface area contributed by atoms with Crippen LogP contribution in [0.15, 0.2) is 24.3 Å². The monoisotopic (exact) mass is 312 g/mol. The van der Waals surface area contributed by atoms with Crippen LogP contribution in [0.2, 0.25) is 0 Å². The zero-order valence-electron chi connectivity index (χ0n) is 11.9. The van der Waals surface area contributed by atoms with Crippen molar-refractivity contribution < 1.29 is 9.59 Å². The number of carbonyl (C=O) groups is 2. The van der Waals surface area contributed by atoms with E-state index in [0.717, 1.165) is 19.4 Å².